The van der Waals surface area contributed by atoms with Crippen molar-refractivity contribution in [1.82, 2.24) is 15.6 Å². The Kier molecular flexibility index (Phi) is 8.15. The molecule has 0 spiro atoms. The maximum Gasteiger partial charge on any atom is 0.255 e. The Morgan fingerprint density at radius 3 is 2.02 bits per heavy atom. The number of carbonyl (C=O) groups excluding carboxylic acids is 3. The first-order valence-electron chi connectivity index (χ1n) is 13.8. The lowest BCUT2D eigenvalue weighted by Gasteiger charge is -2.21. The van der Waals surface area contributed by atoms with Gasteiger partial charge in [0.05, 0.1) is 11.9 Å². The van der Waals surface area contributed by atoms with E-state index in [4.69, 9.17) is 0 Å². The Labute approximate surface area is 237 Å². The maximum atomic E-state index is 13.4. The number of hydrogen-bond acceptors (Lipinski definition) is 4. The minimum absolute atomic E-state index is 0.00189. The Morgan fingerprint density at radius 1 is 0.825 bits per heavy atom. The van der Waals surface area contributed by atoms with Gasteiger partial charge in [-0.05, 0) is 78.1 Å². The van der Waals surface area contributed by atoms with E-state index in [9.17, 15) is 14.4 Å². The number of carbonyl (C=O) groups is 3. The number of aryl methyl sites for hydroxylation is 1. The standard InChI is InChI=1S/C33H40N4O3/c1-20-28(21-8-10-22(11-9-21)29(38)35-19-32(2,3)4)17-27(18-34-20)37-31(40)24-14-23(30(39)36-26-12-13-26)15-25(16-24)33(5,6)7/h8-11,14-18,26H,12-13,19H2,1-7H3,(H,35,38)(H,36,39)(H,37,40). The van der Waals surface area contributed by atoms with Crippen LogP contribution in [0.15, 0.2) is 54.7 Å². The normalized spacial score (nSPS) is 13.5. The molecule has 0 bridgehead atoms. The number of rotatable bonds is 7. The number of nitrogens with one attached hydrogen (secondary N) is 3. The van der Waals surface area contributed by atoms with E-state index >= 15 is 0 Å². The van der Waals surface area contributed by atoms with Crippen LogP contribution in [0.2, 0.25) is 0 Å². The van der Waals surface area contributed by atoms with E-state index in [0.29, 0.717) is 28.9 Å². The van der Waals surface area contributed by atoms with Gasteiger partial charge in [-0.1, -0.05) is 53.7 Å². The van der Waals surface area contributed by atoms with Gasteiger partial charge in [0.1, 0.15) is 0 Å². The highest BCUT2D eigenvalue weighted by Gasteiger charge is 2.26. The summed E-state index contributed by atoms with van der Waals surface area (Å²) in [5.74, 6) is -0.577. The SMILES string of the molecule is Cc1ncc(NC(=O)c2cc(C(=O)NC3CC3)cc(C(C)(C)C)c2)cc1-c1ccc(C(=O)NCC(C)(C)C)cc1. The van der Waals surface area contributed by atoms with Gasteiger partial charge in [0, 0.05) is 40.5 Å². The summed E-state index contributed by atoms with van der Waals surface area (Å²) in [4.78, 5) is 43.2. The van der Waals surface area contributed by atoms with Crippen molar-refractivity contribution < 1.29 is 14.4 Å². The molecule has 1 heterocycles. The van der Waals surface area contributed by atoms with Gasteiger partial charge in [-0.25, -0.2) is 0 Å². The fraction of sp³-hybridized carbons (Fsp3) is 0.394. The minimum atomic E-state index is -0.311. The molecular weight excluding hydrogens is 500 g/mol. The molecular formula is C33H40N4O3. The molecule has 0 radical (unpaired) electrons. The summed E-state index contributed by atoms with van der Waals surface area (Å²) >= 11 is 0. The van der Waals surface area contributed by atoms with Crippen molar-refractivity contribution in [3.63, 3.8) is 0 Å². The molecule has 3 amide bonds. The first kappa shape index (κ1) is 29.0. The van der Waals surface area contributed by atoms with Gasteiger partial charge in [0.2, 0.25) is 0 Å². The topological polar surface area (TPSA) is 100 Å². The average molecular weight is 541 g/mol. The van der Waals surface area contributed by atoms with Crippen LogP contribution < -0.4 is 16.0 Å². The van der Waals surface area contributed by atoms with E-state index < -0.39 is 0 Å². The molecule has 1 aliphatic rings. The third kappa shape index (κ3) is 7.56. The quantitative estimate of drug-likeness (QED) is 0.329. The van der Waals surface area contributed by atoms with E-state index in [1.165, 1.54) is 0 Å². The van der Waals surface area contributed by atoms with E-state index in [0.717, 1.165) is 35.2 Å². The fourth-order valence-electron chi connectivity index (χ4n) is 4.16. The molecule has 1 aromatic heterocycles. The molecule has 7 heteroatoms. The fourth-order valence-corrected chi connectivity index (χ4v) is 4.16. The Balaban J connectivity index is 1.54. The van der Waals surface area contributed by atoms with Crippen LogP contribution in [0.5, 0.6) is 0 Å². The predicted molar refractivity (Wildman–Crippen MR) is 160 cm³/mol. The number of anilines is 1. The van der Waals surface area contributed by atoms with Crippen LogP contribution in [0.1, 0.15) is 96.7 Å². The van der Waals surface area contributed by atoms with Crippen LogP contribution in [0.3, 0.4) is 0 Å². The number of amides is 3. The molecule has 4 rings (SSSR count). The second kappa shape index (κ2) is 11.2. The lowest BCUT2D eigenvalue weighted by atomic mass is 9.85. The van der Waals surface area contributed by atoms with Gasteiger partial charge in [-0.2, -0.15) is 0 Å². The van der Waals surface area contributed by atoms with E-state index in [1.807, 2.05) is 37.3 Å². The molecule has 0 saturated heterocycles. The Morgan fingerprint density at radius 2 is 1.45 bits per heavy atom. The van der Waals surface area contributed by atoms with Crippen LogP contribution in [0.4, 0.5) is 5.69 Å². The number of pyridine rings is 1. The van der Waals surface area contributed by atoms with Crippen molar-refractivity contribution in [2.45, 2.75) is 72.8 Å². The van der Waals surface area contributed by atoms with Crippen LogP contribution in [0, 0.1) is 12.3 Å². The Bertz CT molecular complexity index is 1430. The lowest BCUT2D eigenvalue weighted by molar-refractivity contribution is 0.0935. The zero-order chi connectivity index (χ0) is 29.2. The molecule has 3 aromatic rings. The highest BCUT2D eigenvalue weighted by molar-refractivity contribution is 6.06. The van der Waals surface area contributed by atoms with Crippen molar-refractivity contribution in [3.05, 3.63) is 82.7 Å². The van der Waals surface area contributed by atoms with Crippen molar-refractivity contribution in [2.75, 3.05) is 11.9 Å². The van der Waals surface area contributed by atoms with Gasteiger partial charge in [0.25, 0.3) is 17.7 Å². The first-order chi connectivity index (χ1) is 18.7. The largest absolute Gasteiger partial charge is 0.352 e. The molecule has 0 unspecified atom stereocenters. The predicted octanol–water partition coefficient (Wildman–Crippen LogP) is 6.27. The monoisotopic (exact) mass is 540 g/mol. The van der Waals surface area contributed by atoms with E-state index in [2.05, 4.69) is 62.5 Å². The van der Waals surface area contributed by atoms with Crippen LogP contribution in [-0.4, -0.2) is 35.3 Å². The summed E-state index contributed by atoms with van der Waals surface area (Å²) < 4.78 is 0. The average Bonchev–Trinajstić information content (AvgIpc) is 3.71. The van der Waals surface area contributed by atoms with Gasteiger partial charge in [-0.3, -0.25) is 19.4 Å². The summed E-state index contributed by atoms with van der Waals surface area (Å²) in [7, 11) is 0. The zero-order valence-corrected chi connectivity index (χ0v) is 24.6. The number of hydrogen-bond donors (Lipinski definition) is 3. The summed E-state index contributed by atoms with van der Waals surface area (Å²) in [6.07, 6.45) is 3.61. The molecule has 2 aromatic carbocycles. The molecule has 1 fully saturated rings. The molecule has 0 aliphatic heterocycles. The minimum Gasteiger partial charge on any atom is -0.352 e. The maximum absolute atomic E-state index is 13.4. The number of benzene rings is 2. The van der Waals surface area contributed by atoms with Crippen molar-refractivity contribution in [1.29, 1.82) is 0 Å². The molecule has 210 valence electrons. The summed E-state index contributed by atoms with van der Waals surface area (Å²) in [6, 6.07) is 14.8. The summed E-state index contributed by atoms with van der Waals surface area (Å²) in [5.41, 5.74) is 5.26. The van der Waals surface area contributed by atoms with Gasteiger partial charge >= 0.3 is 0 Å². The lowest BCUT2D eigenvalue weighted by Crippen LogP contribution is -2.32. The van der Waals surface area contributed by atoms with Crippen molar-refractivity contribution in [2.24, 2.45) is 5.41 Å². The van der Waals surface area contributed by atoms with Gasteiger partial charge in [-0.15, -0.1) is 0 Å². The van der Waals surface area contributed by atoms with Crippen molar-refractivity contribution in [3.8, 4) is 11.1 Å². The number of aromatic nitrogens is 1. The third-order valence-electron chi connectivity index (χ3n) is 6.82. The first-order valence-corrected chi connectivity index (χ1v) is 13.8. The highest BCUT2D eigenvalue weighted by Crippen LogP contribution is 2.28. The van der Waals surface area contributed by atoms with Gasteiger partial charge in [0.15, 0.2) is 0 Å². The smallest absolute Gasteiger partial charge is 0.255 e. The highest BCUT2D eigenvalue weighted by atomic mass is 16.2. The number of nitrogens with zero attached hydrogens (tertiary/aromatic N) is 1. The molecule has 1 aliphatic carbocycles. The molecule has 40 heavy (non-hydrogen) atoms. The second-order valence-electron chi connectivity index (χ2n) is 12.9. The Hall–Kier alpha value is -4.00. The van der Waals surface area contributed by atoms with Crippen LogP contribution in [0.25, 0.3) is 11.1 Å². The summed E-state index contributed by atoms with van der Waals surface area (Å²) in [5, 5.41) is 8.94. The molecule has 3 N–H and O–H groups in total. The van der Waals surface area contributed by atoms with Crippen LogP contribution in [-0.2, 0) is 5.41 Å². The second-order valence-corrected chi connectivity index (χ2v) is 12.9. The molecule has 7 nitrogen and oxygen atoms in total. The zero-order valence-electron chi connectivity index (χ0n) is 24.6. The van der Waals surface area contributed by atoms with Crippen LogP contribution >= 0.6 is 0 Å². The van der Waals surface area contributed by atoms with E-state index in [-0.39, 0.29) is 34.6 Å². The van der Waals surface area contributed by atoms with E-state index in [1.54, 1.807) is 24.4 Å². The summed E-state index contributed by atoms with van der Waals surface area (Å²) in [6.45, 7) is 14.9. The molecule has 0 atom stereocenters. The van der Waals surface area contributed by atoms with Crippen molar-refractivity contribution >= 4 is 23.4 Å². The van der Waals surface area contributed by atoms with Gasteiger partial charge < -0.3 is 16.0 Å². The molecule has 1 saturated carbocycles. The third-order valence-corrected chi connectivity index (χ3v) is 6.82.